The molecule has 0 aromatic heterocycles. The van der Waals surface area contributed by atoms with Crippen molar-refractivity contribution in [2.75, 3.05) is 26.2 Å². The largest absolute Gasteiger partial charge is 0.378 e. The quantitative estimate of drug-likeness (QED) is 0.839. The molecule has 3 nitrogen and oxygen atoms in total. The molecule has 2 N–H and O–H groups in total. The maximum atomic E-state index is 6.13. The highest BCUT2D eigenvalue weighted by molar-refractivity contribution is 4.97. The van der Waals surface area contributed by atoms with Crippen molar-refractivity contribution in [2.24, 2.45) is 17.6 Å². The summed E-state index contributed by atoms with van der Waals surface area (Å²) >= 11 is 0. The summed E-state index contributed by atoms with van der Waals surface area (Å²) in [5, 5.41) is 0. The molecule has 0 bridgehead atoms. The lowest BCUT2D eigenvalue weighted by atomic mass is 9.80. The van der Waals surface area contributed by atoms with Crippen molar-refractivity contribution in [1.82, 2.24) is 4.90 Å². The van der Waals surface area contributed by atoms with Crippen LogP contribution in [0.2, 0.25) is 0 Å². The summed E-state index contributed by atoms with van der Waals surface area (Å²) in [6.07, 6.45) is 5.27. The first kappa shape index (κ1) is 14.3. The van der Waals surface area contributed by atoms with E-state index in [4.69, 9.17) is 10.5 Å². The minimum Gasteiger partial charge on any atom is -0.378 e. The Morgan fingerprint density at radius 1 is 1.33 bits per heavy atom. The summed E-state index contributed by atoms with van der Waals surface area (Å²) in [5.74, 6) is 1.74. The molecule has 2 aliphatic rings. The number of ether oxygens (including phenoxy) is 1. The van der Waals surface area contributed by atoms with Gasteiger partial charge in [0.1, 0.15) is 0 Å². The highest BCUT2D eigenvalue weighted by atomic mass is 16.5. The van der Waals surface area contributed by atoms with Crippen LogP contribution in [0.15, 0.2) is 0 Å². The van der Waals surface area contributed by atoms with E-state index in [1.165, 1.54) is 25.9 Å². The molecule has 0 spiro atoms. The van der Waals surface area contributed by atoms with Crippen LogP contribution in [0.25, 0.3) is 0 Å². The SMILES string of the molecule is CC1CC(CN)(N2CCC(C(C)C)CC2)CCO1. The number of nitrogens with two attached hydrogens (primary N) is 1. The molecular weight excluding hydrogens is 224 g/mol. The van der Waals surface area contributed by atoms with Gasteiger partial charge in [-0.15, -0.1) is 0 Å². The number of hydrogen-bond acceptors (Lipinski definition) is 3. The fraction of sp³-hybridized carbons (Fsp3) is 1.00. The predicted molar refractivity (Wildman–Crippen MR) is 75.6 cm³/mol. The van der Waals surface area contributed by atoms with E-state index in [1.807, 2.05) is 0 Å². The molecule has 3 heteroatoms. The first-order valence-corrected chi connectivity index (χ1v) is 7.64. The minimum absolute atomic E-state index is 0.222. The zero-order chi connectivity index (χ0) is 13.2. The van der Waals surface area contributed by atoms with Gasteiger partial charge in [-0.25, -0.2) is 0 Å². The van der Waals surface area contributed by atoms with Gasteiger partial charge in [-0.1, -0.05) is 13.8 Å². The third-order valence-corrected chi connectivity index (χ3v) is 5.17. The van der Waals surface area contributed by atoms with Crippen molar-refractivity contribution in [3.63, 3.8) is 0 Å². The van der Waals surface area contributed by atoms with Gasteiger partial charge in [0.2, 0.25) is 0 Å². The van der Waals surface area contributed by atoms with Gasteiger partial charge < -0.3 is 10.5 Å². The average Bonchev–Trinajstić information content (AvgIpc) is 2.38. The molecule has 2 fully saturated rings. The summed E-state index contributed by atoms with van der Waals surface area (Å²) in [7, 11) is 0. The van der Waals surface area contributed by atoms with Crippen LogP contribution in [-0.4, -0.2) is 42.8 Å². The van der Waals surface area contributed by atoms with E-state index in [2.05, 4.69) is 25.7 Å². The standard InChI is InChI=1S/C15H30N2O/c1-12(2)14-4-7-17(8-5-14)15(11-16)6-9-18-13(3)10-15/h12-14H,4-11,16H2,1-3H3. The van der Waals surface area contributed by atoms with Crippen LogP contribution in [0, 0.1) is 11.8 Å². The van der Waals surface area contributed by atoms with Gasteiger partial charge in [-0.3, -0.25) is 4.90 Å². The second-order valence-electron chi connectivity index (χ2n) is 6.63. The van der Waals surface area contributed by atoms with Crippen molar-refractivity contribution in [1.29, 1.82) is 0 Å². The number of rotatable bonds is 3. The van der Waals surface area contributed by atoms with Crippen molar-refractivity contribution >= 4 is 0 Å². The van der Waals surface area contributed by atoms with Gasteiger partial charge in [0.15, 0.2) is 0 Å². The monoisotopic (exact) mass is 254 g/mol. The Morgan fingerprint density at radius 3 is 2.50 bits per heavy atom. The van der Waals surface area contributed by atoms with Crippen LogP contribution < -0.4 is 5.73 Å². The van der Waals surface area contributed by atoms with Gasteiger partial charge in [0.25, 0.3) is 0 Å². The molecule has 0 saturated carbocycles. The van der Waals surface area contributed by atoms with Crippen molar-refractivity contribution < 1.29 is 4.74 Å². The molecule has 106 valence electrons. The van der Waals surface area contributed by atoms with E-state index in [9.17, 15) is 0 Å². The smallest absolute Gasteiger partial charge is 0.0565 e. The van der Waals surface area contributed by atoms with Crippen LogP contribution in [0.1, 0.15) is 46.5 Å². The van der Waals surface area contributed by atoms with Crippen LogP contribution in [0.4, 0.5) is 0 Å². The molecule has 2 saturated heterocycles. The first-order chi connectivity index (χ1) is 8.57. The van der Waals surface area contributed by atoms with Crippen molar-refractivity contribution in [3.8, 4) is 0 Å². The number of piperidine rings is 1. The normalized spacial score (nSPS) is 36.2. The van der Waals surface area contributed by atoms with Gasteiger partial charge in [-0.05, 0) is 57.5 Å². The summed E-state index contributed by atoms with van der Waals surface area (Å²) in [6.45, 7) is 11.0. The van der Waals surface area contributed by atoms with E-state index in [-0.39, 0.29) is 5.54 Å². The van der Waals surface area contributed by atoms with Crippen molar-refractivity contribution in [3.05, 3.63) is 0 Å². The second-order valence-corrected chi connectivity index (χ2v) is 6.63. The highest BCUT2D eigenvalue weighted by Crippen LogP contribution is 2.35. The Kier molecular flexibility index (Phi) is 4.68. The Hall–Kier alpha value is -0.120. The molecule has 2 atom stereocenters. The molecule has 2 aliphatic heterocycles. The molecule has 0 aliphatic carbocycles. The molecule has 0 aromatic rings. The minimum atomic E-state index is 0.222. The van der Waals surface area contributed by atoms with E-state index in [0.717, 1.165) is 37.8 Å². The lowest BCUT2D eigenvalue weighted by Crippen LogP contribution is -2.60. The Bertz CT molecular complexity index is 261. The van der Waals surface area contributed by atoms with Gasteiger partial charge in [0.05, 0.1) is 6.10 Å². The molecule has 0 amide bonds. The summed E-state index contributed by atoms with van der Waals surface area (Å²) < 4.78 is 5.70. The van der Waals surface area contributed by atoms with Crippen LogP contribution in [-0.2, 0) is 4.74 Å². The fourth-order valence-electron chi connectivity index (χ4n) is 3.79. The summed E-state index contributed by atoms with van der Waals surface area (Å²) in [6, 6.07) is 0. The molecule has 0 radical (unpaired) electrons. The van der Waals surface area contributed by atoms with Crippen LogP contribution in [0.3, 0.4) is 0 Å². The lowest BCUT2D eigenvalue weighted by molar-refractivity contribution is -0.0738. The fourth-order valence-corrected chi connectivity index (χ4v) is 3.79. The second kappa shape index (κ2) is 5.89. The van der Waals surface area contributed by atoms with E-state index < -0.39 is 0 Å². The summed E-state index contributed by atoms with van der Waals surface area (Å²) in [5.41, 5.74) is 6.35. The maximum absolute atomic E-state index is 6.13. The van der Waals surface area contributed by atoms with E-state index in [1.54, 1.807) is 0 Å². The molecule has 0 aromatic carbocycles. The number of likely N-dealkylation sites (tertiary alicyclic amines) is 1. The third kappa shape index (κ3) is 2.89. The average molecular weight is 254 g/mol. The molecule has 2 unspecified atom stereocenters. The van der Waals surface area contributed by atoms with Crippen LogP contribution in [0.5, 0.6) is 0 Å². The summed E-state index contributed by atoms with van der Waals surface area (Å²) in [4.78, 5) is 2.67. The maximum Gasteiger partial charge on any atom is 0.0565 e. The van der Waals surface area contributed by atoms with Crippen LogP contribution >= 0.6 is 0 Å². The van der Waals surface area contributed by atoms with Crippen molar-refractivity contribution in [2.45, 2.75) is 58.1 Å². The highest BCUT2D eigenvalue weighted by Gasteiger charge is 2.41. The lowest BCUT2D eigenvalue weighted by Gasteiger charge is -2.50. The van der Waals surface area contributed by atoms with Gasteiger partial charge in [-0.2, -0.15) is 0 Å². The topological polar surface area (TPSA) is 38.5 Å². The molecule has 2 heterocycles. The Balaban J connectivity index is 1.97. The Labute approximate surface area is 112 Å². The first-order valence-electron chi connectivity index (χ1n) is 7.64. The Morgan fingerprint density at radius 2 is 2.00 bits per heavy atom. The molecule has 2 rings (SSSR count). The zero-order valence-electron chi connectivity index (χ0n) is 12.3. The van der Waals surface area contributed by atoms with Gasteiger partial charge >= 0.3 is 0 Å². The van der Waals surface area contributed by atoms with E-state index >= 15 is 0 Å². The van der Waals surface area contributed by atoms with E-state index in [0.29, 0.717) is 6.10 Å². The predicted octanol–water partition coefficient (Wildman–Crippen LogP) is 2.25. The third-order valence-electron chi connectivity index (χ3n) is 5.17. The van der Waals surface area contributed by atoms with Gasteiger partial charge in [0, 0.05) is 18.7 Å². The molecular formula is C15H30N2O. The zero-order valence-corrected chi connectivity index (χ0v) is 12.3. The number of nitrogens with zero attached hydrogens (tertiary/aromatic N) is 1. The molecule has 18 heavy (non-hydrogen) atoms. The number of hydrogen-bond donors (Lipinski definition) is 1.